The van der Waals surface area contributed by atoms with Crippen molar-refractivity contribution in [2.45, 2.75) is 44.8 Å². The van der Waals surface area contributed by atoms with Gasteiger partial charge in [-0.05, 0) is 48.9 Å². The summed E-state index contributed by atoms with van der Waals surface area (Å²) in [5.74, 6) is 0.488. The molecule has 0 spiro atoms. The Kier molecular flexibility index (Phi) is 6.98. The highest BCUT2D eigenvalue weighted by Gasteiger charge is 2.31. The number of benzene rings is 2. The Morgan fingerprint density at radius 2 is 1.81 bits per heavy atom. The standard InChI is InChI=1S/C29H30N6O2/c1-19-22(12-15-26(30)33-19)17-32-28(36)25-14-13-23-18-31-27(29(37)35(23)25)34-24(21-10-6-3-7-11-21)16-20-8-4-2-5-9-20/h2-12,15,18,24-25H,13-14,16-17H2,1H3,(H2,30,33)(H,31,34)(H,32,36)/t24-,25-/m0/s1. The summed E-state index contributed by atoms with van der Waals surface area (Å²) in [6.45, 7) is 2.18. The first-order valence-corrected chi connectivity index (χ1v) is 12.4. The van der Waals surface area contributed by atoms with Crippen LogP contribution in [0.25, 0.3) is 0 Å². The molecule has 2 aromatic heterocycles. The van der Waals surface area contributed by atoms with Gasteiger partial charge in [0.25, 0.3) is 5.56 Å². The molecule has 1 amide bonds. The number of carbonyl (C=O) groups is 1. The second kappa shape index (κ2) is 10.7. The molecule has 0 unspecified atom stereocenters. The van der Waals surface area contributed by atoms with Crippen molar-refractivity contribution in [3.8, 4) is 0 Å². The maximum absolute atomic E-state index is 13.6. The molecule has 2 atom stereocenters. The predicted molar refractivity (Wildman–Crippen MR) is 144 cm³/mol. The van der Waals surface area contributed by atoms with E-state index in [1.807, 2.05) is 61.5 Å². The van der Waals surface area contributed by atoms with Crippen molar-refractivity contribution in [2.24, 2.45) is 0 Å². The fourth-order valence-electron chi connectivity index (χ4n) is 4.84. The van der Waals surface area contributed by atoms with Crippen LogP contribution in [0.1, 0.15) is 46.6 Å². The lowest BCUT2D eigenvalue weighted by atomic mass is 9.99. The largest absolute Gasteiger partial charge is 0.384 e. The summed E-state index contributed by atoms with van der Waals surface area (Å²) >= 11 is 0. The zero-order chi connectivity index (χ0) is 25.8. The van der Waals surface area contributed by atoms with Crippen LogP contribution in [0.4, 0.5) is 11.6 Å². The van der Waals surface area contributed by atoms with E-state index in [4.69, 9.17) is 5.73 Å². The molecule has 8 nitrogen and oxygen atoms in total. The number of aromatic nitrogens is 3. The molecule has 0 saturated heterocycles. The maximum atomic E-state index is 13.6. The molecular weight excluding hydrogens is 464 g/mol. The second-order valence-electron chi connectivity index (χ2n) is 9.32. The van der Waals surface area contributed by atoms with Crippen molar-refractivity contribution in [1.29, 1.82) is 0 Å². The van der Waals surface area contributed by atoms with Gasteiger partial charge in [-0.2, -0.15) is 0 Å². The number of hydrogen-bond acceptors (Lipinski definition) is 6. The molecule has 0 bridgehead atoms. The number of nitrogens with one attached hydrogen (secondary N) is 2. The molecule has 0 fully saturated rings. The van der Waals surface area contributed by atoms with Crippen molar-refractivity contribution in [2.75, 3.05) is 11.1 Å². The van der Waals surface area contributed by atoms with Gasteiger partial charge in [0.05, 0.1) is 6.04 Å². The summed E-state index contributed by atoms with van der Waals surface area (Å²) < 4.78 is 1.59. The van der Waals surface area contributed by atoms with Crippen LogP contribution in [0.5, 0.6) is 0 Å². The van der Waals surface area contributed by atoms with E-state index in [9.17, 15) is 9.59 Å². The van der Waals surface area contributed by atoms with Gasteiger partial charge in [-0.1, -0.05) is 66.7 Å². The van der Waals surface area contributed by atoms with Gasteiger partial charge < -0.3 is 16.4 Å². The van der Waals surface area contributed by atoms with Crippen molar-refractivity contribution in [3.63, 3.8) is 0 Å². The molecule has 188 valence electrons. The number of nitrogen functional groups attached to an aromatic ring is 1. The summed E-state index contributed by atoms with van der Waals surface area (Å²) in [6.07, 6.45) is 3.56. The zero-order valence-electron chi connectivity index (χ0n) is 20.7. The average molecular weight is 495 g/mol. The summed E-state index contributed by atoms with van der Waals surface area (Å²) in [5, 5.41) is 6.34. The number of nitrogens with two attached hydrogens (primary N) is 1. The Balaban J connectivity index is 1.37. The summed E-state index contributed by atoms with van der Waals surface area (Å²) in [4.78, 5) is 35.5. The number of anilines is 2. The highest BCUT2D eigenvalue weighted by Crippen LogP contribution is 2.26. The smallest absolute Gasteiger partial charge is 0.294 e. The third-order valence-corrected chi connectivity index (χ3v) is 6.83. The van der Waals surface area contributed by atoms with Crippen LogP contribution in [0.2, 0.25) is 0 Å². The van der Waals surface area contributed by atoms with Crippen molar-refractivity contribution in [3.05, 3.63) is 117 Å². The Bertz CT molecular complexity index is 1450. The second-order valence-corrected chi connectivity index (χ2v) is 9.32. The molecule has 8 heteroatoms. The predicted octanol–water partition coefficient (Wildman–Crippen LogP) is 3.73. The number of pyridine rings is 1. The lowest BCUT2D eigenvalue weighted by Gasteiger charge is -2.21. The highest BCUT2D eigenvalue weighted by atomic mass is 16.2. The molecule has 3 heterocycles. The Hall–Kier alpha value is -4.46. The molecule has 0 aliphatic carbocycles. The number of nitrogens with zero attached hydrogens (tertiary/aromatic N) is 3. The molecule has 0 radical (unpaired) electrons. The molecule has 4 aromatic rings. The first-order valence-electron chi connectivity index (χ1n) is 12.4. The average Bonchev–Trinajstić information content (AvgIpc) is 3.35. The highest BCUT2D eigenvalue weighted by molar-refractivity contribution is 5.81. The first kappa shape index (κ1) is 24.2. The lowest BCUT2D eigenvalue weighted by Crippen LogP contribution is -2.36. The molecule has 2 aromatic carbocycles. The van der Waals surface area contributed by atoms with Gasteiger partial charge in [0.2, 0.25) is 5.91 Å². The quantitative estimate of drug-likeness (QED) is 0.344. The molecule has 5 rings (SSSR count). The van der Waals surface area contributed by atoms with Crippen LogP contribution in [0, 0.1) is 6.92 Å². The van der Waals surface area contributed by atoms with Crippen LogP contribution in [0.15, 0.2) is 83.8 Å². The van der Waals surface area contributed by atoms with Gasteiger partial charge in [0, 0.05) is 24.1 Å². The topological polar surface area (TPSA) is 115 Å². The number of hydrogen-bond donors (Lipinski definition) is 3. The van der Waals surface area contributed by atoms with Gasteiger partial charge >= 0.3 is 0 Å². The number of aryl methyl sites for hydroxylation is 2. The molecule has 1 aliphatic heterocycles. The van der Waals surface area contributed by atoms with E-state index in [1.165, 1.54) is 0 Å². The number of fused-ring (bicyclic) bond motifs is 1. The van der Waals surface area contributed by atoms with Gasteiger partial charge in [-0.15, -0.1) is 0 Å². The van der Waals surface area contributed by atoms with E-state index in [2.05, 4.69) is 32.7 Å². The summed E-state index contributed by atoms with van der Waals surface area (Å²) in [5.41, 5.74) is 10.1. The van der Waals surface area contributed by atoms with Crippen molar-refractivity contribution >= 4 is 17.5 Å². The minimum atomic E-state index is -0.586. The minimum absolute atomic E-state index is 0.155. The molecule has 4 N–H and O–H groups in total. The zero-order valence-corrected chi connectivity index (χ0v) is 20.7. The van der Waals surface area contributed by atoms with E-state index in [1.54, 1.807) is 16.8 Å². The lowest BCUT2D eigenvalue weighted by molar-refractivity contribution is -0.124. The van der Waals surface area contributed by atoms with E-state index >= 15 is 0 Å². The monoisotopic (exact) mass is 494 g/mol. The van der Waals surface area contributed by atoms with Crippen LogP contribution in [-0.2, 0) is 24.2 Å². The van der Waals surface area contributed by atoms with E-state index in [-0.39, 0.29) is 23.3 Å². The first-order chi connectivity index (χ1) is 18.0. The van der Waals surface area contributed by atoms with E-state index in [0.29, 0.717) is 31.6 Å². The maximum Gasteiger partial charge on any atom is 0.294 e. The van der Waals surface area contributed by atoms with Crippen molar-refractivity contribution < 1.29 is 4.79 Å². The molecule has 0 saturated carbocycles. The Morgan fingerprint density at radius 3 is 2.54 bits per heavy atom. The Morgan fingerprint density at radius 1 is 1.08 bits per heavy atom. The van der Waals surface area contributed by atoms with E-state index in [0.717, 1.165) is 28.1 Å². The van der Waals surface area contributed by atoms with Gasteiger partial charge in [-0.25, -0.2) is 9.97 Å². The minimum Gasteiger partial charge on any atom is -0.384 e. The normalized spacial score (nSPS) is 15.1. The SMILES string of the molecule is Cc1nc(N)ccc1CNC(=O)[C@@H]1CCc2cnc(N[C@@H](Cc3ccccc3)c3ccccc3)c(=O)n21. The number of amides is 1. The fourth-order valence-corrected chi connectivity index (χ4v) is 4.84. The third-order valence-electron chi connectivity index (χ3n) is 6.83. The summed E-state index contributed by atoms with van der Waals surface area (Å²) in [7, 11) is 0. The molecular formula is C29H30N6O2. The van der Waals surface area contributed by atoms with Crippen LogP contribution >= 0.6 is 0 Å². The third kappa shape index (κ3) is 5.38. The van der Waals surface area contributed by atoms with Crippen LogP contribution in [0.3, 0.4) is 0 Å². The van der Waals surface area contributed by atoms with Gasteiger partial charge in [0.1, 0.15) is 11.9 Å². The molecule has 37 heavy (non-hydrogen) atoms. The number of carbonyl (C=O) groups excluding carboxylic acids is 1. The Labute approximate surface area is 215 Å². The van der Waals surface area contributed by atoms with Crippen molar-refractivity contribution in [1.82, 2.24) is 19.9 Å². The summed E-state index contributed by atoms with van der Waals surface area (Å²) in [6, 6.07) is 23.0. The van der Waals surface area contributed by atoms with Gasteiger partial charge in [-0.3, -0.25) is 14.2 Å². The molecule has 1 aliphatic rings. The number of rotatable bonds is 8. The van der Waals surface area contributed by atoms with Crippen LogP contribution in [-0.4, -0.2) is 20.4 Å². The van der Waals surface area contributed by atoms with Crippen LogP contribution < -0.4 is 21.9 Å². The van der Waals surface area contributed by atoms with Gasteiger partial charge in [0.15, 0.2) is 5.82 Å². The fraction of sp³-hybridized carbons (Fsp3) is 0.241. The van der Waals surface area contributed by atoms with E-state index < -0.39 is 6.04 Å².